The summed E-state index contributed by atoms with van der Waals surface area (Å²) in [6.45, 7) is 6.23. The van der Waals surface area contributed by atoms with E-state index < -0.39 is 0 Å². The Morgan fingerprint density at radius 2 is 2.27 bits per heavy atom. The highest BCUT2D eigenvalue weighted by Crippen LogP contribution is 2.35. The average Bonchev–Trinajstić information content (AvgIpc) is 2.29. The van der Waals surface area contributed by atoms with Crippen LogP contribution in [0.4, 0.5) is 0 Å². The van der Waals surface area contributed by atoms with E-state index >= 15 is 0 Å². The molecule has 1 heterocycles. The van der Waals surface area contributed by atoms with Gasteiger partial charge in [0.2, 0.25) is 0 Å². The molecule has 15 heavy (non-hydrogen) atoms. The van der Waals surface area contributed by atoms with Crippen LogP contribution in [0.3, 0.4) is 0 Å². The van der Waals surface area contributed by atoms with Crippen molar-refractivity contribution in [2.24, 2.45) is 17.1 Å². The smallest absolute Gasteiger partial charge is 0.0656 e. The van der Waals surface area contributed by atoms with Crippen molar-refractivity contribution >= 4 is 0 Å². The van der Waals surface area contributed by atoms with Crippen LogP contribution in [-0.2, 0) is 4.74 Å². The molecule has 1 aliphatic rings. The van der Waals surface area contributed by atoms with Crippen LogP contribution in [0, 0.1) is 11.3 Å². The molecule has 3 atom stereocenters. The number of aliphatic hydroxyl groups is 1. The lowest BCUT2D eigenvalue weighted by Gasteiger charge is -2.42. The zero-order valence-electron chi connectivity index (χ0n) is 10.0. The molecule has 0 aromatic rings. The van der Waals surface area contributed by atoms with Gasteiger partial charge in [-0.2, -0.15) is 0 Å². The topological polar surface area (TPSA) is 55.5 Å². The Morgan fingerprint density at radius 3 is 2.73 bits per heavy atom. The van der Waals surface area contributed by atoms with Crippen LogP contribution in [-0.4, -0.2) is 31.0 Å². The summed E-state index contributed by atoms with van der Waals surface area (Å²) in [4.78, 5) is 0. The van der Waals surface area contributed by atoms with Crippen LogP contribution < -0.4 is 5.73 Å². The summed E-state index contributed by atoms with van der Waals surface area (Å²) in [6, 6.07) is 0. The van der Waals surface area contributed by atoms with Crippen LogP contribution >= 0.6 is 0 Å². The molecule has 0 amide bonds. The molecular formula is C12H25NO2. The van der Waals surface area contributed by atoms with Crippen molar-refractivity contribution in [3.63, 3.8) is 0 Å². The van der Waals surface area contributed by atoms with E-state index in [1.54, 1.807) is 0 Å². The molecule has 0 bridgehead atoms. The summed E-state index contributed by atoms with van der Waals surface area (Å²) in [5.41, 5.74) is 5.65. The molecule has 1 fully saturated rings. The maximum absolute atomic E-state index is 10.4. The summed E-state index contributed by atoms with van der Waals surface area (Å²) in [5, 5.41) is 10.4. The van der Waals surface area contributed by atoms with Crippen molar-refractivity contribution in [3.8, 4) is 0 Å². The molecule has 1 aliphatic heterocycles. The summed E-state index contributed by atoms with van der Waals surface area (Å²) in [6.07, 6.45) is 3.87. The van der Waals surface area contributed by atoms with Crippen LogP contribution in [0.5, 0.6) is 0 Å². The van der Waals surface area contributed by atoms with Crippen molar-refractivity contribution in [2.75, 3.05) is 19.8 Å². The van der Waals surface area contributed by atoms with Gasteiger partial charge < -0.3 is 15.6 Å². The van der Waals surface area contributed by atoms with Gasteiger partial charge in [0.05, 0.1) is 12.7 Å². The molecule has 3 nitrogen and oxygen atoms in total. The van der Waals surface area contributed by atoms with Gasteiger partial charge >= 0.3 is 0 Å². The Kier molecular flexibility index (Phi) is 5.03. The number of aliphatic hydroxyl groups excluding tert-OH is 1. The molecule has 0 aromatic heterocycles. The largest absolute Gasteiger partial charge is 0.392 e. The quantitative estimate of drug-likeness (QED) is 0.731. The van der Waals surface area contributed by atoms with Crippen LogP contribution in [0.25, 0.3) is 0 Å². The summed E-state index contributed by atoms with van der Waals surface area (Å²) in [5.74, 6) is 0.320. The zero-order chi connectivity index (χ0) is 11.3. The minimum Gasteiger partial charge on any atom is -0.392 e. The van der Waals surface area contributed by atoms with E-state index in [1.165, 1.54) is 0 Å². The van der Waals surface area contributed by atoms with Gasteiger partial charge in [0, 0.05) is 18.6 Å². The second-order valence-electron chi connectivity index (χ2n) is 4.93. The first-order valence-electron chi connectivity index (χ1n) is 6.12. The highest BCUT2D eigenvalue weighted by Gasteiger charge is 2.40. The predicted octanol–water partition coefficient (Wildman–Crippen LogP) is 1.54. The van der Waals surface area contributed by atoms with E-state index in [9.17, 15) is 5.11 Å². The summed E-state index contributed by atoms with van der Waals surface area (Å²) in [7, 11) is 0. The average molecular weight is 215 g/mol. The number of hydrogen-bond acceptors (Lipinski definition) is 3. The fraction of sp³-hybridized carbons (Fsp3) is 1.00. The zero-order valence-corrected chi connectivity index (χ0v) is 10.0. The maximum atomic E-state index is 10.4. The predicted molar refractivity (Wildman–Crippen MR) is 61.6 cm³/mol. The van der Waals surface area contributed by atoms with E-state index in [4.69, 9.17) is 10.5 Å². The molecule has 0 aliphatic carbocycles. The molecule has 3 unspecified atom stereocenters. The molecule has 3 heteroatoms. The van der Waals surface area contributed by atoms with E-state index in [2.05, 4.69) is 13.8 Å². The third kappa shape index (κ3) is 2.92. The van der Waals surface area contributed by atoms with Crippen molar-refractivity contribution in [2.45, 2.75) is 45.6 Å². The normalized spacial score (nSPS) is 31.2. The van der Waals surface area contributed by atoms with Gasteiger partial charge in [-0.1, -0.05) is 20.3 Å². The van der Waals surface area contributed by atoms with Gasteiger partial charge in [0.1, 0.15) is 0 Å². The molecular weight excluding hydrogens is 190 g/mol. The van der Waals surface area contributed by atoms with Gasteiger partial charge in [-0.3, -0.25) is 0 Å². The third-order valence-electron chi connectivity index (χ3n) is 3.67. The van der Waals surface area contributed by atoms with Crippen LogP contribution in [0.2, 0.25) is 0 Å². The van der Waals surface area contributed by atoms with Gasteiger partial charge in [0.15, 0.2) is 0 Å². The lowest BCUT2D eigenvalue weighted by Crippen LogP contribution is -2.50. The Bertz CT molecular complexity index is 178. The molecule has 90 valence electrons. The minimum atomic E-state index is -0.317. The Morgan fingerprint density at radius 1 is 1.53 bits per heavy atom. The molecule has 0 spiro atoms. The molecule has 0 radical (unpaired) electrons. The molecule has 1 saturated heterocycles. The van der Waals surface area contributed by atoms with Crippen LogP contribution in [0.1, 0.15) is 39.5 Å². The Balaban J connectivity index is 2.62. The molecule has 0 saturated carbocycles. The van der Waals surface area contributed by atoms with Crippen molar-refractivity contribution in [1.82, 2.24) is 0 Å². The number of hydrogen-bond donors (Lipinski definition) is 2. The number of nitrogens with two attached hydrogens (primary N) is 1. The lowest BCUT2D eigenvalue weighted by molar-refractivity contribution is -0.0961. The monoisotopic (exact) mass is 215 g/mol. The summed E-state index contributed by atoms with van der Waals surface area (Å²) >= 11 is 0. The van der Waals surface area contributed by atoms with Gasteiger partial charge in [-0.15, -0.1) is 0 Å². The molecule has 0 aromatic carbocycles. The van der Waals surface area contributed by atoms with Crippen molar-refractivity contribution in [1.29, 1.82) is 0 Å². The van der Waals surface area contributed by atoms with Gasteiger partial charge in [-0.05, 0) is 25.2 Å². The lowest BCUT2D eigenvalue weighted by atomic mass is 9.72. The number of ether oxygens (including phenoxy) is 1. The molecule has 3 N–H and O–H groups in total. The first kappa shape index (κ1) is 12.9. The van der Waals surface area contributed by atoms with Gasteiger partial charge in [-0.25, -0.2) is 0 Å². The fourth-order valence-corrected chi connectivity index (χ4v) is 2.61. The van der Waals surface area contributed by atoms with Gasteiger partial charge in [0.25, 0.3) is 0 Å². The fourth-order valence-electron chi connectivity index (χ4n) is 2.61. The highest BCUT2D eigenvalue weighted by atomic mass is 16.5. The minimum absolute atomic E-state index is 0.188. The second-order valence-corrected chi connectivity index (χ2v) is 4.93. The highest BCUT2D eigenvalue weighted by molar-refractivity contribution is 4.91. The molecule has 1 rings (SSSR count). The summed E-state index contributed by atoms with van der Waals surface area (Å²) < 4.78 is 5.49. The Labute approximate surface area is 93.0 Å². The van der Waals surface area contributed by atoms with Crippen LogP contribution in [0.15, 0.2) is 0 Å². The standard InChI is InChI=1S/C12H25NO2/c1-3-5-10(2)11(14)12(8-13)6-4-7-15-9-12/h10-11,14H,3-9,13H2,1-2H3. The van der Waals surface area contributed by atoms with Crippen molar-refractivity contribution < 1.29 is 9.84 Å². The Hall–Kier alpha value is -0.120. The first-order valence-corrected chi connectivity index (χ1v) is 6.12. The SMILES string of the molecule is CCCC(C)C(O)C1(CN)CCCOC1. The third-order valence-corrected chi connectivity index (χ3v) is 3.67. The van der Waals surface area contributed by atoms with E-state index in [1.807, 2.05) is 0 Å². The maximum Gasteiger partial charge on any atom is 0.0656 e. The van der Waals surface area contributed by atoms with E-state index in [-0.39, 0.29) is 11.5 Å². The van der Waals surface area contributed by atoms with E-state index in [0.29, 0.717) is 19.1 Å². The second kappa shape index (κ2) is 5.83. The van der Waals surface area contributed by atoms with Crippen molar-refractivity contribution in [3.05, 3.63) is 0 Å². The first-order chi connectivity index (χ1) is 7.16. The number of rotatable bonds is 5. The van der Waals surface area contributed by atoms with E-state index in [0.717, 1.165) is 32.3 Å².